The Bertz CT molecular complexity index is 470. The van der Waals surface area contributed by atoms with Gasteiger partial charge in [-0.3, -0.25) is 0 Å². The summed E-state index contributed by atoms with van der Waals surface area (Å²) in [6, 6.07) is 6.29. The summed E-state index contributed by atoms with van der Waals surface area (Å²) in [7, 11) is 4.28. The summed E-state index contributed by atoms with van der Waals surface area (Å²) in [5.74, 6) is 0. The molecule has 1 saturated heterocycles. The first-order chi connectivity index (χ1) is 8.99. The van der Waals surface area contributed by atoms with Crippen molar-refractivity contribution in [3.8, 4) is 0 Å². The lowest BCUT2D eigenvalue weighted by Gasteiger charge is -2.37. The quantitative estimate of drug-likeness (QED) is 0.869. The lowest BCUT2D eigenvalue weighted by molar-refractivity contribution is 0.253. The molecule has 0 aliphatic carbocycles. The SMILES string of the molecule is CN1CCC(N(C)c2ccc(Cl)cc2C(N)=S)CC1. The Morgan fingerprint density at radius 1 is 1.42 bits per heavy atom. The maximum Gasteiger partial charge on any atom is 0.106 e. The molecule has 0 spiro atoms. The van der Waals surface area contributed by atoms with Crippen molar-refractivity contribution in [2.45, 2.75) is 18.9 Å². The molecule has 2 rings (SSSR count). The van der Waals surface area contributed by atoms with E-state index < -0.39 is 0 Å². The fourth-order valence-corrected chi connectivity index (χ4v) is 2.93. The summed E-state index contributed by atoms with van der Waals surface area (Å²) < 4.78 is 0. The Hall–Kier alpha value is -0.840. The van der Waals surface area contributed by atoms with Crippen molar-refractivity contribution in [3.63, 3.8) is 0 Å². The van der Waals surface area contributed by atoms with Crippen LogP contribution in [0.4, 0.5) is 5.69 Å². The molecule has 1 fully saturated rings. The molecule has 1 aromatic carbocycles. The molecule has 1 aliphatic heterocycles. The number of nitrogens with zero attached hydrogens (tertiary/aromatic N) is 2. The van der Waals surface area contributed by atoms with Crippen LogP contribution in [-0.4, -0.2) is 43.1 Å². The fourth-order valence-electron chi connectivity index (χ4n) is 2.59. The van der Waals surface area contributed by atoms with Crippen molar-refractivity contribution in [2.75, 3.05) is 32.1 Å². The number of rotatable bonds is 3. The number of nitrogens with two attached hydrogens (primary N) is 1. The first-order valence-corrected chi connectivity index (χ1v) is 7.28. The topological polar surface area (TPSA) is 32.5 Å². The van der Waals surface area contributed by atoms with E-state index in [4.69, 9.17) is 29.6 Å². The van der Waals surface area contributed by atoms with Crippen molar-refractivity contribution in [3.05, 3.63) is 28.8 Å². The van der Waals surface area contributed by atoms with E-state index in [2.05, 4.69) is 23.9 Å². The molecule has 0 atom stereocenters. The highest BCUT2D eigenvalue weighted by Gasteiger charge is 2.22. The van der Waals surface area contributed by atoms with Crippen LogP contribution < -0.4 is 10.6 Å². The molecular formula is C14H20ClN3S. The summed E-state index contributed by atoms with van der Waals surface area (Å²) in [5, 5.41) is 0.670. The Labute approximate surface area is 125 Å². The van der Waals surface area contributed by atoms with Crippen molar-refractivity contribution < 1.29 is 0 Å². The Morgan fingerprint density at radius 3 is 2.63 bits per heavy atom. The molecule has 1 aliphatic rings. The predicted molar refractivity (Wildman–Crippen MR) is 86.3 cm³/mol. The number of benzene rings is 1. The molecule has 0 radical (unpaired) electrons. The molecule has 0 bridgehead atoms. The number of likely N-dealkylation sites (tertiary alicyclic amines) is 1. The van der Waals surface area contributed by atoms with Crippen LogP contribution in [0.1, 0.15) is 18.4 Å². The van der Waals surface area contributed by atoms with Gasteiger partial charge in [-0.25, -0.2) is 0 Å². The third-order valence-corrected chi connectivity index (χ3v) is 4.29. The molecule has 0 unspecified atom stereocenters. The van der Waals surface area contributed by atoms with E-state index in [0.717, 1.165) is 37.2 Å². The lowest BCUT2D eigenvalue weighted by atomic mass is 10.0. The Kier molecular flexibility index (Phi) is 4.66. The molecule has 104 valence electrons. The van der Waals surface area contributed by atoms with Crippen LogP contribution in [-0.2, 0) is 0 Å². The molecule has 0 amide bonds. The van der Waals surface area contributed by atoms with E-state index in [9.17, 15) is 0 Å². The van der Waals surface area contributed by atoms with Gasteiger partial charge in [0.05, 0.1) is 0 Å². The van der Waals surface area contributed by atoms with E-state index in [1.165, 1.54) is 0 Å². The highest BCUT2D eigenvalue weighted by molar-refractivity contribution is 7.80. The standard InChI is InChI=1S/C14H20ClN3S/c1-17-7-5-11(6-8-17)18(2)13-4-3-10(15)9-12(13)14(16)19/h3-4,9,11H,5-8H2,1-2H3,(H2,16,19). The summed E-state index contributed by atoms with van der Waals surface area (Å²) >= 11 is 11.2. The smallest absolute Gasteiger partial charge is 0.106 e. The van der Waals surface area contributed by atoms with Crippen LogP contribution in [0.5, 0.6) is 0 Å². The summed E-state index contributed by atoms with van der Waals surface area (Å²) in [6.07, 6.45) is 2.32. The third-order valence-electron chi connectivity index (χ3n) is 3.84. The molecule has 0 aromatic heterocycles. The monoisotopic (exact) mass is 297 g/mol. The maximum atomic E-state index is 6.03. The van der Waals surface area contributed by atoms with Gasteiger partial charge in [0.2, 0.25) is 0 Å². The van der Waals surface area contributed by atoms with Gasteiger partial charge in [-0.2, -0.15) is 0 Å². The number of hydrogen-bond acceptors (Lipinski definition) is 3. The van der Waals surface area contributed by atoms with E-state index >= 15 is 0 Å². The highest BCUT2D eigenvalue weighted by atomic mass is 35.5. The van der Waals surface area contributed by atoms with Gasteiger partial charge >= 0.3 is 0 Å². The van der Waals surface area contributed by atoms with Crippen molar-refractivity contribution in [2.24, 2.45) is 5.73 Å². The van der Waals surface area contributed by atoms with Crippen LogP contribution in [0.3, 0.4) is 0 Å². The van der Waals surface area contributed by atoms with Crippen LogP contribution in [0.15, 0.2) is 18.2 Å². The molecule has 1 aromatic rings. The summed E-state index contributed by atoms with van der Waals surface area (Å²) in [5.41, 5.74) is 7.75. The first-order valence-electron chi connectivity index (χ1n) is 6.50. The minimum Gasteiger partial charge on any atom is -0.389 e. The third kappa shape index (κ3) is 3.38. The lowest BCUT2D eigenvalue weighted by Crippen LogP contribution is -2.42. The van der Waals surface area contributed by atoms with Crippen molar-refractivity contribution in [1.82, 2.24) is 4.90 Å². The molecular weight excluding hydrogens is 278 g/mol. The number of halogens is 1. The van der Waals surface area contributed by atoms with Crippen LogP contribution >= 0.6 is 23.8 Å². The summed E-state index contributed by atoms with van der Waals surface area (Å²) in [4.78, 5) is 5.05. The van der Waals surface area contributed by atoms with E-state index in [1.807, 2.05) is 18.2 Å². The van der Waals surface area contributed by atoms with Crippen LogP contribution in [0.2, 0.25) is 5.02 Å². The molecule has 3 nitrogen and oxygen atoms in total. The normalized spacial score (nSPS) is 17.4. The van der Waals surface area contributed by atoms with Gasteiger partial charge in [0.15, 0.2) is 0 Å². The van der Waals surface area contributed by atoms with Gasteiger partial charge in [-0.1, -0.05) is 23.8 Å². The van der Waals surface area contributed by atoms with Gasteiger partial charge in [0.25, 0.3) is 0 Å². The number of piperidine rings is 1. The zero-order valence-corrected chi connectivity index (χ0v) is 13.0. The minimum atomic E-state index is 0.400. The number of thiocarbonyl (C=S) groups is 1. The molecule has 19 heavy (non-hydrogen) atoms. The van der Waals surface area contributed by atoms with Crippen LogP contribution in [0.25, 0.3) is 0 Å². The second-order valence-electron chi connectivity index (χ2n) is 5.17. The Balaban J connectivity index is 2.23. The van der Waals surface area contributed by atoms with Gasteiger partial charge in [-0.05, 0) is 51.2 Å². The zero-order chi connectivity index (χ0) is 14.0. The molecule has 5 heteroatoms. The molecule has 2 N–H and O–H groups in total. The van der Waals surface area contributed by atoms with Gasteiger partial charge in [0.1, 0.15) is 4.99 Å². The van der Waals surface area contributed by atoms with Crippen LogP contribution in [0, 0.1) is 0 Å². The van der Waals surface area contributed by atoms with Crippen molar-refractivity contribution >= 4 is 34.5 Å². The fraction of sp³-hybridized carbons (Fsp3) is 0.500. The van der Waals surface area contributed by atoms with E-state index in [0.29, 0.717) is 16.1 Å². The van der Waals surface area contributed by atoms with E-state index in [1.54, 1.807) is 0 Å². The average molecular weight is 298 g/mol. The van der Waals surface area contributed by atoms with Gasteiger partial charge in [0, 0.05) is 29.4 Å². The maximum absolute atomic E-state index is 6.03. The van der Waals surface area contributed by atoms with Gasteiger partial charge in [-0.15, -0.1) is 0 Å². The number of hydrogen-bond donors (Lipinski definition) is 1. The average Bonchev–Trinajstić information content (AvgIpc) is 2.38. The van der Waals surface area contributed by atoms with Gasteiger partial charge < -0.3 is 15.5 Å². The number of anilines is 1. The Morgan fingerprint density at radius 2 is 2.05 bits per heavy atom. The largest absolute Gasteiger partial charge is 0.389 e. The van der Waals surface area contributed by atoms with Crippen molar-refractivity contribution in [1.29, 1.82) is 0 Å². The molecule has 0 saturated carbocycles. The minimum absolute atomic E-state index is 0.400. The molecule has 1 heterocycles. The summed E-state index contributed by atoms with van der Waals surface area (Å²) in [6.45, 7) is 2.26. The van der Waals surface area contributed by atoms with E-state index in [-0.39, 0.29) is 0 Å². The predicted octanol–water partition coefficient (Wildman–Crippen LogP) is 2.50. The second kappa shape index (κ2) is 6.07. The zero-order valence-electron chi connectivity index (χ0n) is 11.4. The highest BCUT2D eigenvalue weighted by Crippen LogP contribution is 2.27. The first kappa shape index (κ1) is 14.6. The second-order valence-corrected chi connectivity index (χ2v) is 6.05.